The molecule has 0 aromatic heterocycles. The van der Waals surface area contributed by atoms with Gasteiger partial charge in [0, 0.05) is 57.1 Å². The fourth-order valence-corrected chi connectivity index (χ4v) is 4.86. The lowest BCUT2D eigenvalue weighted by Gasteiger charge is -2.36. The molecule has 2 amide bonds. The number of aryl methyl sites for hydroxylation is 2. The van der Waals surface area contributed by atoms with Gasteiger partial charge in [0.05, 0.1) is 5.92 Å². The lowest BCUT2D eigenvalue weighted by atomic mass is 10.1. The van der Waals surface area contributed by atoms with Gasteiger partial charge in [-0.3, -0.25) is 14.5 Å². The van der Waals surface area contributed by atoms with Gasteiger partial charge in [0.15, 0.2) is 0 Å². The predicted octanol–water partition coefficient (Wildman–Crippen LogP) is 3.29. The molecule has 0 radical (unpaired) electrons. The average molecular weight is 449 g/mol. The third-order valence-electron chi connectivity index (χ3n) is 7.05. The van der Waals surface area contributed by atoms with Gasteiger partial charge in [0.25, 0.3) is 0 Å². The Morgan fingerprint density at radius 3 is 2.55 bits per heavy atom. The van der Waals surface area contributed by atoms with Crippen LogP contribution in [0.2, 0.25) is 0 Å². The van der Waals surface area contributed by atoms with Crippen molar-refractivity contribution in [2.24, 2.45) is 5.92 Å². The molecule has 6 heteroatoms. The van der Waals surface area contributed by atoms with Crippen LogP contribution in [0.1, 0.15) is 29.5 Å². The SMILES string of the molecule is Cc1cccc(N2CCN(CCCNC(=O)C3CC(=O)N(c4cccc(C)c4C)C3)CC2)c1. The molecule has 33 heavy (non-hydrogen) atoms. The van der Waals surface area contributed by atoms with Crippen molar-refractivity contribution in [1.82, 2.24) is 10.2 Å². The molecule has 1 N–H and O–H groups in total. The topological polar surface area (TPSA) is 55.9 Å². The van der Waals surface area contributed by atoms with Crippen LogP contribution in [0.25, 0.3) is 0 Å². The molecular formula is C27H36N4O2. The molecule has 1 unspecified atom stereocenters. The lowest BCUT2D eigenvalue weighted by molar-refractivity contribution is -0.126. The summed E-state index contributed by atoms with van der Waals surface area (Å²) < 4.78 is 0. The molecule has 4 rings (SSSR count). The fraction of sp³-hybridized carbons (Fsp3) is 0.481. The number of nitrogens with zero attached hydrogens (tertiary/aromatic N) is 3. The summed E-state index contributed by atoms with van der Waals surface area (Å²) in [5.74, 6) is -0.231. The fourth-order valence-electron chi connectivity index (χ4n) is 4.86. The van der Waals surface area contributed by atoms with Crippen LogP contribution in [0.4, 0.5) is 11.4 Å². The molecule has 2 aromatic carbocycles. The van der Waals surface area contributed by atoms with Crippen LogP contribution in [0.3, 0.4) is 0 Å². The Kier molecular flexibility index (Phi) is 7.33. The van der Waals surface area contributed by atoms with Gasteiger partial charge in [-0.05, 0) is 68.6 Å². The van der Waals surface area contributed by atoms with Crippen molar-refractivity contribution in [3.8, 4) is 0 Å². The number of carbonyl (C=O) groups excluding carboxylic acids is 2. The first-order valence-corrected chi connectivity index (χ1v) is 12.1. The van der Waals surface area contributed by atoms with Crippen molar-refractivity contribution in [3.05, 3.63) is 59.2 Å². The Hall–Kier alpha value is -2.86. The summed E-state index contributed by atoms with van der Waals surface area (Å²) in [6.45, 7) is 12.5. The minimum atomic E-state index is -0.268. The maximum Gasteiger partial charge on any atom is 0.227 e. The Labute approximate surface area is 197 Å². The maximum absolute atomic E-state index is 12.7. The molecule has 176 valence electrons. The number of rotatable bonds is 7. The summed E-state index contributed by atoms with van der Waals surface area (Å²) in [6, 6.07) is 14.7. The van der Waals surface area contributed by atoms with E-state index in [-0.39, 0.29) is 17.7 Å². The highest BCUT2D eigenvalue weighted by Gasteiger charge is 2.35. The molecule has 6 nitrogen and oxygen atoms in total. The number of amides is 2. The van der Waals surface area contributed by atoms with Crippen LogP contribution < -0.4 is 15.1 Å². The number of hydrogen-bond donors (Lipinski definition) is 1. The average Bonchev–Trinajstić information content (AvgIpc) is 3.20. The van der Waals surface area contributed by atoms with Crippen molar-refractivity contribution in [2.45, 2.75) is 33.6 Å². The van der Waals surface area contributed by atoms with Crippen LogP contribution >= 0.6 is 0 Å². The summed E-state index contributed by atoms with van der Waals surface area (Å²) in [5.41, 5.74) is 5.80. The Bertz CT molecular complexity index is 997. The number of piperazine rings is 1. The van der Waals surface area contributed by atoms with Crippen molar-refractivity contribution < 1.29 is 9.59 Å². The van der Waals surface area contributed by atoms with Gasteiger partial charge in [-0.15, -0.1) is 0 Å². The monoisotopic (exact) mass is 448 g/mol. The van der Waals surface area contributed by atoms with E-state index in [2.05, 4.69) is 46.3 Å². The van der Waals surface area contributed by atoms with E-state index in [4.69, 9.17) is 0 Å². The van der Waals surface area contributed by atoms with Gasteiger partial charge >= 0.3 is 0 Å². The summed E-state index contributed by atoms with van der Waals surface area (Å²) >= 11 is 0. The number of anilines is 2. The zero-order valence-corrected chi connectivity index (χ0v) is 20.1. The number of nitrogens with one attached hydrogen (secondary N) is 1. The third kappa shape index (κ3) is 5.56. The number of hydrogen-bond acceptors (Lipinski definition) is 4. The third-order valence-corrected chi connectivity index (χ3v) is 7.05. The van der Waals surface area contributed by atoms with Crippen LogP contribution in [0.15, 0.2) is 42.5 Å². The van der Waals surface area contributed by atoms with E-state index < -0.39 is 0 Å². The lowest BCUT2D eigenvalue weighted by Crippen LogP contribution is -2.47. The highest BCUT2D eigenvalue weighted by Crippen LogP contribution is 2.29. The summed E-state index contributed by atoms with van der Waals surface area (Å²) in [4.78, 5) is 32.0. The van der Waals surface area contributed by atoms with Crippen molar-refractivity contribution in [2.75, 3.05) is 55.6 Å². The standard InChI is InChI=1S/C27H36N4O2/c1-20-7-4-9-24(17-20)30-15-13-29(14-16-30)12-6-11-28-27(33)23-18-26(32)31(19-23)25-10-5-8-21(2)22(25)3/h4-5,7-10,17,23H,6,11-16,18-19H2,1-3H3,(H,28,33). The Morgan fingerprint density at radius 2 is 1.79 bits per heavy atom. The first-order chi connectivity index (χ1) is 15.9. The smallest absolute Gasteiger partial charge is 0.227 e. The van der Waals surface area contributed by atoms with E-state index in [9.17, 15) is 9.59 Å². The minimum absolute atomic E-state index is 0.000392. The summed E-state index contributed by atoms with van der Waals surface area (Å²) in [5, 5.41) is 3.07. The van der Waals surface area contributed by atoms with Crippen molar-refractivity contribution >= 4 is 23.2 Å². The molecule has 0 bridgehead atoms. The van der Waals surface area contributed by atoms with E-state index in [1.54, 1.807) is 4.90 Å². The van der Waals surface area contributed by atoms with Crippen LogP contribution in [0, 0.1) is 26.7 Å². The van der Waals surface area contributed by atoms with Gasteiger partial charge in [0.1, 0.15) is 0 Å². The second-order valence-corrected chi connectivity index (χ2v) is 9.44. The second kappa shape index (κ2) is 10.4. The van der Waals surface area contributed by atoms with Crippen LogP contribution in [0.5, 0.6) is 0 Å². The van der Waals surface area contributed by atoms with E-state index in [0.29, 0.717) is 19.5 Å². The molecule has 0 saturated carbocycles. The van der Waals surface area contributed by atoms with E-state index in [1.165, 1.54) is 11.3 Å². The highest BCUT2D eigenvalue weighted by molar-refractivity contribution is 6.00. The quantitative estimate of drug-likeness (QED) is 0.661. The number of carbonyl (C=O) groups is 2. The number of benzene rings is 2. The minimum Gasteiger partial charge on any atom is -0.369 e. The zero-order valence-electron chi connectivity index (χ0n) is 20.1. The molecule has 2 fully saturated rings. The van der Waals surface area contributed by atoms with Gasteiger partial charge in [-0.2, -0.15) is 0 Å². The molecule has 1 atom stereocenters. The molecule has 2 aliphatic rings. The highest BCUT2D eigenvalue weighted by atomic mass is 16.2. The molecule has 2 aliphatic heterocycles. The zero-order chi connectivity index (χ0) is 23.4. The summed E-state index contributed by atoms with van der Waals surface area (Å²) in [6.07, 6.45) is 1.22. The van der Waals surface area contributed by atoms with Gasteiger partial charge in [-0.1, -0.05) is 24.3 Å². The molecule has 0 aliphatic carbocycles. The molecule has 2 aromatic rings. The van der Waals surface area contributed by atoms with Crippen molar-refractivity contribution in [3.63, 3.8) is 0 Å². The Morgan fingerprint density at radius 1 is 1.03 bits per heavy atom. The van der Waals surface area contributed by atoms with E-state index in [1.807, 2.05) is 32.0 Å². The maximum atomic E-state index is 12.7. The molecular weight excluding hydrogens is 412 g/mol. The van der Waals surface area contributed by atoms with E-state index in [0.717, 1.165) is 56.0 Å². The Balaban J connectivity index is 1.18. The van der Waals surface area contributed by atoms with Gasteiger partial charge in [-0.25, -0.2) is 0 Å². The molecule has 0 spiro atoms. The second-order valence-electron chi connectivity index (χ2n) is 9.44. The van der Waals surface area contributed by atoms with Crippen molar-refractivity contribution in [1.29, 1.82) is 0 Å². The predicted molar refractivity (Wildman–Crippen MR) is 134 cm³/mol. The first-order valence-electron chi connectivity index (χ1n) is 12.1. The van der Waals surface area contributed by atoms with Gasteiger partial charge < -0.3 is 15.1 Å². The van der Waals surface area contributed by atoms with Gasteiger partial charge in [0.2, 0.25) is 11.8 Å². The molecule has 2 saturated heterocycles. The van der Waals surface area contributed by atoms with E-state index >= 15 is 0 Å². The van der Waals surface area contributed by atoms with Crippen LogP contribution in [-0.2, 0) is 9.59 Å². The first kappa shape index (κ1) is 23.3. The largest absolute Gasteiger partial charge is 0.369 e. The molecule has 2 heterocycles. The van der Waals surface area contributed by atoms with Crippen LogP contribution in [-0.4, -0.2) is 62.5 Å². The normalized spacial score (nSPS) is 19.2. The summed E-state index contributed by atoms with van der Waals surface area (Å²) in [7, 11) is 0.